The molecule has 1 aromatic carbocycles. The first-order valence-electron chi connectivity index (χ1n) is 6.64. The van der Waals surface area contributed by atoms with Crippen LogP contribution in [0, 0.1) is 0 Å². The molecule has 2 rings (SSSR count). The molecule has 0 saturated carbocycles. The van der Waals surface area contributed by atoms with Gasteiger partial charge in [0.15, 0.2) is 5.82 Å². The van der Waals surface area contributed by atoms with E-state index in [4.69, 9.17) is 0 Å². The van der Waals surface area contributed by atoms with Gasteiger partial charge in [-0.25, -0.2) is 4.98 Å². The second-order valence-electron chi connectivity index (χ2n) is 4.41. The van der Waals surface area contributed by atoms with Gasteiger partial charge in [-0.15, -0.1) is 0 Å². The SMILES string of the molecule is CCN(CCCc1ccccc1)C(=O)c1ncc[nH]1. The van der Waals surface area contributed by atoms with Crippen LogP contribution < -0.4 is 0 Å². The smallest absolute Gasteiger partial charge is 0.289 e. The topological polar surface area (TPSA) is 49.0 Å². The van der Waals surface area contributed by atoms with Crippen molar-refractivity contribution in [2.75, 3.05) is 13.1 Å². The highest BCUT2D eigenvalue weighted by molar-refractivity contribution is 5.90. The summed E-state index contributed by atoms with van der Waals surface area (Å²) in [5, 5.41) is 0. The summed E-state index contributed by atoms with van der Waals surface area (Å²) in [4.78, 5) is 20.8. The average Bonchev–Trinajstić information content (AvgIpc) is 2.98. The van der Waals surface area contributed by atoms with Crippen molar-refractivity contribution in [3.8, 4) is 0 Å². The van der Waals surface area contributed by atoms with E-state index in [1.807, 2.05) is 30.0 Å². The maximum atomic E-state index is 12.1. The minimum absolute atomic E-state index is 0.0273. The summed E-state index contributed by atoms with van der Waals surface area (Å²) in [5.41, 5.74) is 1.31. The Balaban J connectivity index is 1.85. The third-order valence-electron chi connectivity index (χ3n) is 3.11. The van der Waals surface area contributed by atoms with Gasteiger partial charge in [-0.05, 0) is 25.3 Å². The van der Waals surface area contributed by atoms with Crippen LogP contribution in [-0.4, -0.2) is 33.9 Å². The van der Waals surface area contributed by atoms with E-state index in [1.165, 1.54) is 5.56 Å². The Labute approximate surface area is 113 Å². The summed E-state index contributed by atoms with van der Waals surface area (Å²) in [7, 11) is 0. The summed E-state index contributed by atoms with van der Waals surface area (Å²) in [6, 6.07) is 10.3. The first kappa shape index (κ1) is 13.3. The predicted octanol–water partition coefficient (Wildman–Crippen LogP) is 2.50. The zero-order chi connectivity index (χ0) is 13.5. The first-order valence-corrected chi connectivity index (χ1v) is 6.64. The largest absolute Gasteiger partial charge is 0.341 e. The zero-order valence-corrected chi connectivity index (χ0v) is 11.2. The highest BCUT2D eigenvalue weighted by Crippen LogP contribution is 2.05. The van der Waals surface area contributed by atoms with Gasteiger partial charge in [-0.3, -0.25) is 4.79 Å². The van der Waals surface area contributed by atoms with Crippen LogP contribution in [0.15, 0.2) is 42.7 Å². The number of hydrogen-bond donors (Lipinski definition) is 1. The van der Waals surface area contributed by atoms with Gasteiger partial charge in [-0.1, -0.05) is 30.3 Å². The molecule has 0 aliphatic carbocycles. The Kier molecular flexibility index (Phi) is 4.72. The van der Waals surface area contributed by atoms with Crippen molar-refractivity contribution in [1.82, 2.24) is 14.9 Å². The molecule has 1 N–H and O–H groups in total. The molecular formula is C15H19N3O. The van der Waals surface area contributed by atoms with Gasteiger partial charge in [0.2, 0.25) is 0 Å². The summed E-state index contributed by atoms with van der Waals surface area (Å²) in [5.74, 6) is 0.391. The Morgan fingerprint density at radius 2 is 2.11 bits per heavy atom. The molecule has 100 valence electrons. The number of nitrogens with zero attached hydrogens (tertiary/aromatic N) is 2. The van der Waals surface area contributed by atoms with Crippen molar-refractivity contribution in [3.05, 3.63) is 54.1 Å². The third-order valence-corrected chi connectivity index (χ3v) is 3.11. The van der Waals surface area contributed by atoms with Crippen LogP contribution in [0.5, 0.6) is 0 Å². The van der Waals surface area contributed by atoms with E-state index in [2.05, 4.69) is 22.1 Å². The lowest BCUT2D eigenvalue weighted by Gasteiger charge is -2.19. The Bertz CT molecular complexity index is 493. The number of rotatable bonds is 6. The van der Waals surface area contributed by atoms with Gasteiger partial charge >= 0.3 is 0 Å². The minimum atomic E-state index is -0.0273. The van der Waals surface area contributed by atoms with Crippen molar-refractivity contribution in [2.45, 2.75) is 19.8 Å². The average molecular weight is 257 g/mol. The zero-order valence-electron chi connectivity index (χ0n) is 11.2. The number of amides is 1. The fraction of sp³-hybridized carbons (Fsp3) is 0.333. The van der Waals surface area contributed by atoms with Crippen LogP contribution in [0.4, 0.5) is 0 Å². The maximum absolute atomic E-state index is 12.1. The van der Waals surface area contributed by atoms with Crippen LogP contribution in [0.3, 0.4) is 0 Å². The summed E-state index contributed by atoms with van der Waals surface area (Å²) < 4.78 is 0. The number of benzene rings is 1. The molecule has 1 aromatic heterocycles. The summed E-state index contributed by atoms with van der Waals surface area (Å²) in [6.45, 7) is 3.45. The fourth-order valence-electron chi connectivity index (χ4n) is 2.05. The summed E-state index contributed by atoms with van der Waals surface area (Å²) >= 11 is 0. The van der Waals surface area contributed by atoms with Crippen LogP contribution in [0.2, 0.25) is 0 Å². The van der Waals surface area contributed by atoms with Crippen molar-refractivity contribution < 1.29 is 4.79 Å². The molecule has 0 saturated heterocycles. The van der Waals surface area contributed by atoms with Crippen molar-refractivity contribution in [3.63, 3.8) is 0 Å². The standard InChI is InChI=1S/C15H19N3O/c1-2-18(15(19)14-16-10-11-17-14)12-6-9-13-7-4-3-5-8-13/h3-5,7-8,10-11H,2,6,9,12H2,1H3,(H,16,17). The molecule has 0 atom stereocenters. The number of nitrogens with one attached hydrogen (secondary N) is 1. The molecule has 0 aliphatic heterocycles. The van der Waals surface area contributed by atoms with Crippen molar-refractivity contribution in [1.29, 1.82) is 0 Å². The highest BCUT2D eigenvalue weighted by atomic mass is 16.2. The van der Waals surface area contributed by atoms with Crippen LogP contribution >= 0.6 is 0 Å². The molecule has 19 heavy (non-hydrogen) atoms. The number of aryl methyl sites for hydroxylation is 1. The molecule has 0 aliphatic rings. The second-order valence-corrected chi connectivity index (χ2v) is 4.41. The minimum Gasteiger partial charge on any atom is -0.341 e. The molecule has 0 spiro atoms. The molecule has 0 fully saturated rings. The van der Waals surface area contributed by atoms with E-state index in [0.717, 1.165) is 19.4 Å². The van der Waals surface area contributed by atoms with Gasteiger partial charge in [0.05, 0.1) is 0 Å². The number of aromatic nitrogens is 2. The van der Waals surface area contributed by atoms with Crippen LogP contribution in [0.1, 0.15) is 29.5 Å². The van der Waals surface area contributed by atoms with Gasteiger partial charge in [0, 0.05) is 25.5 Å². The number of aromatic amines is 1. The van der Waals surface area contributed by atoms with Gasteiger partial charge in [0.1, 0.15) is 0 Å². The van der Waals surface area contributed by atoms with Crippen LogP contribution in [0.25, 0.3) is 0 Å². The maximum Gasteiger partial charge on any atom is 0.289 e. The fourth-order valence-corrected chi connectivity index (χ4v) is 2.05. The number of H-pyrrole nitrogens is 1. The van der Waals surface area contributed by atoms with Gasteiger partial charge in [-0.2, -0.15) is 0 Å². The molecule has 1 amide bonds. The Morgan fingerprint density at radius 1 is 1.32 bits per heavy atom. The quantitative estimate of drug-likeness (QED) is 0.864. The Hall–Kier alpha value is -2.10. The van der Waals surface area contributed by atoms with Crippen LogP contribution in [-0.2, 0) is 6.42 Å². The van der Waals surface area contributed by atoms with E-state index in [9.17, 15) is 4.79 Å². The first-order chi connectivity index (χ1) is 9.31. The molecule has 2 aromatic rings. The lowest BCUT2D eigenvalue weighted by atomic mass is 10.1. The molecule has 4 nitrogen and oxygen atoms in total. The van der Waals surface area contributed by atoms with Crippen molar-refractivity contribution in [2.24, 2.45) is 0 Å². The second kappa shape index (κ2) is 6.73. The van der Waals surface area contributed by atoms with E-state index >= 15 is 0 Å². The lowest BCUT2D eigenvalue weighted by Crippen LogP contribution is -2.32. The number of carbonyl (C=O) groups excluding carboxylic acids is 1. The molecule has 4 heteroatoms. The Morgan fingerprint density at radius 3 is 2.74 bits per heavy atom. The van der Waals surface area contributed by atoms with E-state index in [0.29, 0.717) is 12.4 Å². The van der Waals surface area contributed by atoms with E-state index in [1.54, 1.807) is 12.4 Å². The molecule has 0 bridgehead atoms. The van der Waals surface area contributed by atoms with Crippen molar-refractivity contribution >= 4 is 5.91 Å². The normalized spacial score (nSPS) is 10.4. The molecule has 1 heterocycles. The van der Waals surface area contributed by atoms with Gasteiger partial charge in [0.25, 0.3) is 5.91 Å². The molecular weight excluding hydrogens is 238 g/mol. The van der Waals surface area contributed by atoms with E-state index < -0.39 is 0 Å². The molecule has 0 radical (unpaired) electrons. The summed E-state index contributed by atoms with van der Waals surface area (Å²) in [6.07, 6.45) is 5.23. The highest BCUT2D eigenvalue weighted by Gasteiger charge is 2.15. The van der Waals surface area contributed by atoms with Gasteiger partial charge < -0.3 is 9.88 Å². The predicted molar refractivity (Wildman–Crippen MR) is 74.9 cm³/mol. The third kappa shape index (κ3) is 3.68. The number of hydrogen-bond acceptors (Lipinski definition) is 2. The number of carbonyl (C=O) groups is 1. The lowest BCUT2D eigenvalue weighted by molar-refractivity contribution is 0.0751. The monoisotopic (exact) mass is 257 g/mol. The molecule has 0 unspecified atom stereocenters. The van der Waals surface area contributed by atoms with E-state index in [-0.39, 0.29) is 5.91 Å². The number of imidazole rings is 1.